The van der Waals surface area contributed by atoms with Gasteiger partial charge in [-0.1, -0.05) is 54.6 Å². The molecular formula is C25H15N5O2S. The van der Waals surface area contributed by atoms with Crippen LogP contribution < -0.4 is 0 Å². The van der Waals surface area contributed by atoms with E-state index in [0.717, 1.165) is 16.9 Å². The van der Waals surface area contributed by atoms with Gasteiger partial charge in [0, 0.05) is 17.3 Å². The average Bonchev–Trinajstić information content (AvgIpc) is 3.27. The van der Waals surface area contributed by atoms with Gasteiger partial charge in [-0.2, -0.15) is 10.5 Å². The molecule has 0 fully saturated rings. The molecule has 0 aliphatic heterocycles. The summed E-state index contributed by atoms with van der Waals surface area (Å²) in [6.07, 6.45) is 3.07. The zero-order valence-electron chi connectivity index (χ0n) is 17.1. The van der Waals surface area contributed by atoms with Crippen molar-refractivity contribution in [3.63, 3.8) is 0 Å². The molecule has 0 bridgehead atoms. The maximum atomic E-state index is 11.8. The Labute approximate surface area is 194 Å². The van der Waals surface area contributed by atoms with Crippen molar-refractivity contribution >= 4 is 23.5 Å². The standard InChI is InChI=1S/C25H15N5O2S/c26-15-19(16-27)13-18-11-12-24(22(14-18)30(31)32)33-25-28-17-23(20-7-3-1-4-8-20)29(25)21-9-5-2-6-10-21/h1-14,17H. The molecule has 158 valence electrons. The molecule has 7 nitrogen and oxygen atoms in total. The number of nitro benzene ring substituents is 1. The lowest BCUT2D eigenvalue weighted by atomic mass is 10.1. The van der Waals surface area contributed by atoms with E-state index < -0.39 is 4.92 Å². The Morgan fingerprint density at radius 3 is 2.30 bits per heavy atom. The molecule has 1 aromatic heterocycles. The molecular weight excluding hydrogens is 434 g/mol. The minimum atomic E-state index is -0.480. The predicted molar refractivity (Wildman–Crippen MR) is 125 cm³/mol. The predicted octanol–water partition coefficient (Wildman–Crippen LogP) is 6.03. The van der Waals surface area contributed by atoms with Crippen molar-refractivity contribution in [2.45, 2.75) is 10.1 Å². The van der Waals surface area contributed by atoms with Gasteiger partial charge < -0.3 is 0 Å². The fraction of sp³-hybridized carbons (Fsp3) is 0. The van der Waals surface area contributed by atoms with Crippen molar-refractivity contribution in [1.29, 1.82) is 10.5 Å². The molecule has 33 heavy (non-hydrogen) atoms. The van der Waals surface area contributed by atoms with E-state index in [1.807, 2.05) is 65.2 Å². The summed E-state index contributed by atoms with van der Waals surface area (Å²) in [7, 11) is 0. The second-order valence-electron chi connectivity index (χ2n) is 6.83. The van der Waals surface area contributed by atoms with Crippen molar-refractivity contribution < 1.29 is 4.92 Å². The van der Waals surface area contributed by atoms with E-state index in [1.165, 1.54) is 23.9 Å². The van der Waals surface area contributed by atoms with Gasteiger partial charge in [0.05, 0.1) is 21.7 Å². The number of rotatable bonds is 6. The van der Waals surface area contributed by atoms with Gasteiger partial charge in [-0.3, -0.25) is 14.7 Å². The second kappa shape index (κ2) is 9.65. The van der Waals surface area contributed by atoms with Gasteiger partial charge in [0.1, 0.15) is 17.7 Å². The molecule has 4 rings (SSSR count). The number of benzene rings is 3. The highest BCUT2D eigenvalue weighted by Gasteiger charge is 2.20. The van der Waals surface area contributed by atoms with Crippen LogP contribution in [0.1, 0.15) is 5.56 Å². The van der Waals surface area contributed by atoms with Crippen molar-refractivity contribution in [3.8, 4) is 29.1 Å². The summed E-state index contributed by atoms with van der Waals surface area (Å²) in [4.78, 5) is 16.3. The number of allylic oxidation sites excluding steroid dienone is 1. The van der Waals surface area contributed by atoms with Crippen LogP contribution in [-0.2, 0) is 0 Å². The summed E-state index contributed by atoms with van der Waals surface area (Å²) in [6, 6.07) is 27.6. The van der Waals surface area contributed by atoms with E-state index >= 15 is 0 Å². The van der Waals surface area contributed by atoms with E-state index in [0.29, 0.717) is 15.6 Å². The lowest BCUT2D eigenvalue weighted by Gasteiger charge is -2.12. The number of nitriles is 2. The second-order valence-corrected chi connectivity index (χ2v) is 7.84. The van der Waals surface area contributed by atoms with E-state index in [4.69, 9.17) is 10.5 Å². The molecule has 0 unspecified atom stereocenters. The summed E-state index contributed by atoms with van der Waals surface area (Å²) in [6.45, 7) is 0. The molecule has 0 N–H and O–H groups in total. The highest BCUT2D eigenvalue weighted by atomic mass is 32.2. The topological polar surface area (TPSA) is 109 Å². The molecule has 0 saturated carbocycles. The van der Waals surface area contributed by atoms with Crippen molar-refractivity contribution in [3.05, 3.63) is 106 Å². The van der Waals surface area contributed by atoms with Gasteiger partial charge in [0.15, 0.2) is 5.16 Å². The van der Waals surface area contributed by atoms with Crippen LogP contribution >= 0.6 is 11.8 Å². The molecule has 0 aliphatic rings. The Balaban J connectivity index is 1.81. The smallest absolute Gasteiger partial charge is 0.283 e. The highest BCUT2D eigenvalue weighted by molar-refractivity contribution is 7.99. The molecule has 0 aliphatic carbocycles. The fourth-order valence-corrected chi connectivity index (χ4v) is 4.23. The number of hydrogen-bond donors (Lipinski definition) is 0. The van der Waals surface area contributed by atoms with Gasteiger partial charge in [-0.15, -0.1) is 0 Å². The Bertz CT molecular complexity index is 1420. The van der Waals surface area contributed by atoms with Gasteiger partial charge >= 0.3 is 0 Å². The minimum Gasteiger partial charge on any atom is -0.287 e. The molecule has 0 atom stereocenters. The zero-order valence-corrected chi connectivity index (χ0v) is 17.9. The first-order valence-electron chi connectivity index (χ1n) is 9.77. The van der Waals surface area contributed by atoms with Gasteiger partial charge in [-0.25, -0.2) is 4.98 Å². The van der Waals surface area contributed by atoms with E-state index in [-0.39, 0.29) is 11.3 Å². The fourth-order valence-electron chi connectivity index (χ4n) is 3.25. The molecule has 8 heteroatoms. The molecule has 0 amide bonds. The van der Waals surface area contributed by atoms with Crippen LogP contribution in [-0.4, -0.2) is 14.5 Å². The number of hydrogen-bond acceptors (Lipinski definition) is 6. The van der Waals surface area contributed by atoms with Crippen LogP contribution in [0.25, 0.3) is 23.0 Å². The molecule has 0 saturated heterocycles. The highest BCUT2D eigenvalue weighted by Crippen LogP contribution is 2.38. The Morgan fingerprint density at radius 1 is 1.00 bits per heavy atom. The van der Waals surface area contributed by atoms with Crippen LogP contribution in [0.2, 0.25) is 0 Å². The number of aromatic nitrogens is 2. The minimum absolute atomic E-state index is 0.128. The SMILES string of the molecule is N#CC(C#N)=Cc1ccc(Sc2ncc(-c3ccccc3)n2-c2ccccc2)c([N+](=O)[O-])c1. The van der Waals surface area contributed by atoms with Gasteiger partial charge in [0.2, 0.25) is 0 Å². The van der Waals surface area contributed by atoms with Crippen molar-refractivity contribution in [2.75, 3.05) is 0 Å². The summed E-state index contributed by atoms with van der Waals surface area (Å²) in [5.74, 6) is 0. The summed E-state index contributed by atoms with van der Waals surface area (Å²) < 4.78 is 1.96. The van der Waals surface area contributed by atoms with E-state index in [9.17, 15) is 10.1 Å². The first-order chi connectivity index (χ1) is 16.1. The van der Waals surface area contributed by atoms with Gasteiger partial charge in [0.25, 0.3) is 5.69 Å². The summed E-state index contributed by atoms with van der Waals surface area (Å²) >= 11 is 1.18. The quantitative estimate of drug-likeness (QED) is 0.202. The molecule has 0 spiro atoms. The maximum absolute atomic E-state index is 11.8. The van der Waals surface area contributed by atoms with Crippen LogP contribution in [0.4, 0.5) is 5.69 Å². The lowest BCUT2D eigenvalue weighted by Crippen LogP contribution is -1.99. The third-order valence-electron chi connectivity index (χ3n) is 4.75. The lowest BCUT2D eigenvalue weighted by molar-refractivity contribution is -0.387. The number of nitrogens with zero attached hydrogens (tertiary/aromatic N) is 5. The van der Waals surface area contributed by atoms with Crippen molar-refractivity contribution in [2.24, 2.45) is 0 Å². The first kappa shape index (κ1) is 21.6. The Kier molecular flexibility index (Phi) is 6.31. The largest absolute Gasteiger partial charge is 0.287 e. The molecule has 4 aromatic rings. The summed E-state index contributed by atoms with van der Waals surface area (Å²) in [5, 5.41) is 30.3. The van der Waals surface area contributed by atoms with Crippen molar-refractivity contribution in [1.82, 2.24) is 9.55 Å². The normalized spacial score (nSPS) is 10.1. The Hall–Kier alpha value is -4.66. The third-order valence-corrected chi connectivity index (χ3v) is 5.78. The summed E-state index contributed by atoms with van der Waals surface area (Å²) in [5.41, 5.74) is 2.85. The molecule has 3 aromatic carbocycles. The number of imidazole rings is 1. The monoisotopic (exact) mass is 449 g/mol. The molecule has 1 heterocycles. The molecule has 0 radical (unpaired) electrons. The van der Waals surface area contributed by atoms with Crippen LogP contribution in [0, 0.1) is 32.8 Å². The third kappa shape index (κ3) is 4.67. The first-order valence-corrected chi connectivity index (χ1v) is 10.6. The Morgan fingerprint density at radius 2 is 1.67 bits per heavy atom. The maximum Gasteiger partial charge on any atom is 0.283 e. The van der Waals surface area contributed by atoms with Gasteiger partial charge in [-0.05, 0) is 41.6 Å². The van der Waals surface area contributed by atoms with Crippen LogP contribution in [0.5, 0.6) is 0 Å². The van der Waals surface area contributed by atoms with Crippen LogP contribution in [0.3, 0.4) is 0 Å². The average molecular weight is 449 g/mol. The number of para-hydroxylation sites is 1. The van der Waals surface area contributed by atoms with E-state index in [2.05, 4.69) is 4.98 Å². The van der Waals surface area contributed by atoms with E-state index in [1.54, 1.807) is 30.5 Å². The zero-order chi connectivity index (χ0) is 23.2. The number of nitro groups is 1. The van der Waals surface area contributed by atoms with Crippen LogP contribution in [0.15, 0.2) is 101 Å².